The number of aromatic nitrogens is 1. The van der Waals surface area contributed by atoms with Gasteiger partial charge in [0, 0.05) is 24.9 Å². The molecule has 0 aliphatic heterocycles. The maximum Gasteiger partial charge on any atom is 0.130 e. The summed E-state index contributed by atoms with van der Waals surface area (Å²) in [6, 6.07) is 6.35. The molecule has 18 heavy (non-hydrogen) atoms. The van der Waals surface area contributed by atoms with E-state index in [9.17, 15) is 0 Å². The number of nitriles is 1. The lowest BCUT2D eigenvalue weighted by Crippen LogP contribution is -2.41. The van der Waals surface area contributed by atoms with Crippen LogP contribution in [0.1, 0.15) is 36.9 Å². The van der Waals surface area contributed by atoms with Crippen molar-refractivity contribution in [2.45, 2.75) is 38.6 Å². The van der Waals surface area contributed by atoms with E-state index in [1.165, 1.54) is 19.3 Å². The first-order valence-electron chi connectivity index (χ1n) is 6.51. The lowest BCUT2D eigenvalue weighted by molar-refractivity contribution is 0.282. The predicted molar refractivity (Wildman–Crippen MR) is 70.4 cm³/mol. The Morgan fingerprint density at radius 1 is 1.50 bits per heavy atom. The van der Waals surface area contributed by atoms with Gasteiger partial charge in [0.25, 0.3) is 0 Å². The molecule has 1 aliphatic carbocycles. The van der Waals surface area contributed by atoms with E-state index in [1.54, 1.807) is 6.07 Å². The van der Waals surface area contributed by atoms with Crippen molar-refractivity contribution in [3.05, 3.63) is 23.4 Å². The molecule has 4 heteroatoms. The van der Waals surface area contributed by atoms with Gasteiger partial charge in [-0.25, -0.2) is 4.98 Å². The molecule has 1 N–H and O–H groups in total. The van der Waals surface area contributed by atoms with Crippen LogP contribution in [0.25, 0.3) is 0 Å². The Balaban J connectivity index is 2.23. The third kappa shape index (κ3) is 2.80. The highest BCUT2D eigenvalue weighted by Crippen LogP contribution is 2.29. The molecule has 1 saturated carbocycles. The summed E-state index contributed by atoms with van der Waals surface area (Å²) in [5, 5.41) is 18.0. The van der Waals surface area contributed by atoms with Gasteiger partial charge in [0.2, 0.25) is 0 Å². The van der Waals surface area contributed by atoms with Crippen LogP contribution >= 0.6 is 0 Å². The topological polar surface area (TPSA) is 60.2 Å². The smallest absolute Gasteiger partial charge is 0.130 e. The number of hydrogen-bond donors (Lipinski definition) is 1. The van der Waals surface area contributed by atoms with Crippen LogP contribution in [0, 0.1) is 18.3 Å². The molecule has 2 rings (SSSR count). The van der Waals surface area contributed by atoms with E-state index in [2.05, 4.69) is 16.0 Å². The van der Waals surface area contributed by atoms with E-state index in [0.717, 1.165) is 24.5 Å². The number of aliphatic hydroxyl groups is 1. The van der Waals surface area contributed by atoms with Gasteiger partial charge >= 0.3 is 0 Å². The van der Waals surface area contributed by atoms with Gasteiger partial charge in [-0.05, 0) is 44.7 Å². The van der Waals surface area contributed by atoms with Crippen molar-refractivity contribution >= 4 is 5.82 Å². The van der Waals surface area contributed by atoms with Crippen molar-refractivity contribution in [2.24, 2.45) is 0 Å². The fourth-order valence-corrected chi connectivity index (χ4v) is 2.29. The lowest BCUT2D eigenvalue weighted by Gasteiger charge is -2.38. The van der Waals surface area contributed by atoms with E-state index >= 15 is 0 Å². The maximum atomic E-state index is 9.02. The quantitative estimate of drug-likeness (QED) is 0.862. The summed E-state index contributed by atoms with van der Waals surface area (Å²) in [6.07, 6.45) is 4.37. The maximum absolute atomic E-state index is 9.02. The first-order valence-corrected chi connectivity index (χ1v) is 6.51. The van der Waals surface area contributed by atoms with Crippen molar-refractivity contribution in [2.75, 3.05) is 18.1 Å². The number of pyridine rings is 1. The highest BCUT2D eigenvalue weighted by atomic mass is 16.3. The molecule has 0 radical (unpaired) electrons. The molecule has 0 spiro atoms. The van der Waals surface area contributed by atoms with Crippen molar-refractivity contribution < 1.29 is 5.11 Å². The Morgan fingerprint density at radius 2 is 2.28 bits per heavy atom. The van der Waals surface area contributed by atoms with Crippen LogP contribution in [0.5, 0.6) is 0 Å². The molecule has 0 amide bonds. The summed E-state index contributed by atoms with van der Waals surface area (Å²) >= 11 is 0. The minimum absolute atomic E-state index is 0.195. The monoisotopic (exact) mass is 245 g/mol. The molecule has 1 aromatic heterocycles. The number of aliphatic hydroxyl groups excluding tert-OH is 1. The summed E-state index contributed by atoms with van der Waals surface area (Å²) in [6.45, 7) is 2.91. The second kappa shape index (κ2) is 5.83. The predicted octanol–water partition coefficient (Wildman–Crippen LogP) is 2.00. The van der Waals surface area contributed by atoms with E-state index in [-0.39, 0.29) is 6.61 Å². The second-order valence-corrected chi connectivity index (χ2v) is 4.82. The zero-order valence-electron chi connectivity index (χ0n) is 10.8. The number of hydrogen-bond acceptors (Lipinski definition) is 4. The molecule has 1 aliphatic rings. The fourth-order valence-electron chi connectivity index (χ4n) is 2.29. The Hall–Kier alpha value is -1.60. The molecule has 0 bridgehead atoms. The zero-order chi connectivity index (χ0) is 13.0. The molecule has 1 fully saturated rings. The van der Waals surface area contributed by atoms with Gasteiger partial charge in [0.15, 0.2) is 0 Å². The number of aryl methyl sites for hydroxylation is 1. The average Bonchev–Trinajstić information content (AvgIpc) is 2.31. The molecule has 96 valence electrons. The van der Waals surface area contributed by atoms with Crippen LogP contribution in [0.3, 0.4) is 0 Å². The Morgan fingerprint density at radius 3 is 2.83 bits per heavy atom. The normalized spacial score (nSPS) is 14.9. The van der Waals surface area contributed by atoms with Crippen molar-refractivity contribution in [3.63, 3.8) is 0 Å². The molecule has 0 aromatic carbocycles. The summed E-state index contributed by atoms with van der Waals surface area (Å²) in [4.78, 5) is 6.77. The molecule has 0 saturated heterocycles. The van der Waals surface area contributed by atoms with Crippen molar-refractivity contribution in [1.82, 2.24) is 4.98 Å². The Bertz CT molecular complexity index is 449. The van der Waals surface area contributed by atoms with E-state index < -0.39 is 0 Å². The van der Waals surface area contributed by atoms with Crippen LogP contribution in [0.2, 0.25) is 0 Å². The van der Waals surface area contributed by atoms with Crippen LogP contribution in [-0.2, 0) is 0 Å². The highest BCUT2D eigenvalue weighted by molar-refractivity contribution is 5.47. The average molecular weight is 245 g/mol. The van der Waals surface area contributed by atoms with Gasteiger partial charge in [-0.3, -0.25) is 0 Å². The summed E-state index contributed by atoms with van der Waals surface area (Å²) in [5.41, 5.74) is 1.53. The Kier molecular flexibility index (Phi) is 4.16. The van der Waals surface area contributed by atoms with Gasteiger partial charge in [-0.2, -0.15) is 5.26 Å². The van der Waals surface area contributed by atoms with Crippen molar-refractivity contribution in [3.8, 4) is 6.07 Å². The first kappa shape index (κ1) is 12.8. The molecule has 1 aromatic rings. The van der Waals surface area contributed by atoms with Crippen LogP contribution < -0.4 is 4.90 Å². The van der Waals surface area contributed by atoms with Gasteiger partial charge in [-0.15, -0.1) is 0 Å². The van der Waals surface area contributed by atoms with E-state index in [1.807, 2.05) is 13.0 Å². The SMILES string of the molecule is Cc1cc(C#N)cc(N(CCCO)C2CCC2)n1. The third-order valence-electron chi connectivity index (χ3n) is 3.44. The Labute approximate surface area is 108 Å². The van der Waals surface area contributed by atoms with Crippen LogP contribution in [-0.4, -0.2) is 29.3 Å². The van der Waals surface area contributed by atoms with Crippen molar-refractivity contribution in [1.29, 1.82) is 5.26 Å². The first-order chi connectivity index (χ1) is 8.74. The van der Waals surface area contributed by atoms with Gasteiger partial charge in [-0.1, -0.05) is 0 Å². The number of anilines is 1. The standard InChI is InChI=1S/C14H19N3O/c1-11-8-12(10-15)9-14(16-11)17(6-3-7-18)13-4-2-5-13/h8-9,13,18H,2-7H2,1H3. The van der Waals surface area contributed by atoms with Gasteiger partial charge < -0.3 is 10.0 Å². The molecular formula is C14H19N3O. The van der Waals surface area contributed by atoms with Gasteiger partial charge in [0.1, 0.15) is 5.82 Å². The molecule has 4 nitrogen and oxygen atoms in total. The minimum Gasteiger partial charge on any atom is -0.396 e. The summed E-state index contributed by atoms with van der Waals surface area (Å²) < 4.78 is 0. The third-order valence-corrected chi connectivity index (χ3v) is 3.44. The van der Waals surface area contributed by atoms with Crippen LogP contribution in [0.15, 0.2) is 12.1 Å². The zero-order valence-corrected chi connectivity index (χ0v) is 10.8. The van der Waals surface area contributed by atoms with E-state index in [4.69, 9.17) is 10.4 Å². The van der Waals surface area contributed by atoms with Gasteiger partial charge in [0.05, 0.1) is 11.6 Å². The molecule has 0 atom stereocenters. The number of nitrogens with zero attached hydrogens (tertiary/aromatic N) is 3. The highest BCUT2D eigenvalue weighted by Gasteiger charge is 2.25. The van der Waals surface area contributed by atoms with Crippen LogP contribution in [0.4, 0.5) is 5.82 Å². The summed E-state index contributed by atoms with van der Waals surface area (Å²) in [5.74, 6) is 0.879. The minimum atomic E-state index is 0.195. The fraction of sp³-hybridized carbons (Fsp3) is 0.571. The molecule has 1 heterocycles. The largest absolute Gasteiger partial charge is 0.396 e. The summed E-state index contributed by atoms with van der Waals surface area (Å²) in [7, 11) is 0. The molecule has 0 unspecified atom stereocenters. The van der Waals surface area contributed by atoms with E-state index in [0.29, 0.717) is 11.6 Å². The molecular weight excluding hydrogens is 226 g/mol. The number of rotatable bonds is 5. The lowest BCUT2D eigenvalue weighted by atomic mass is 9.91. The second-order valence-electron chi connectivity index (χ2n) is 4.82.